The highest BCUT2D eigenvalue weighted by Gasteiger charge is 2.22. The minimum Gasteiger partial charge on any atom is -0.454 e. The van der Waals surface area contributed by atoms with E-state index in [1.165, 1.54) is 11.8 Å². The van der Waals surface area contributed by atoms with Crippen LogP contribution in [0.4, 0.5) is 4.79 Å². The number of amides is 4. The summed E-state index contributed by atoms with van der Waals surface area (Å²) in [6.07, 6.45) is 2.16. The Bertz CT molecular complexity index is 594. The molecule has 9 heteroatoms. The maximum absolute atomic E-state index is 11.9. The van der Waals surface area contributed by atoms with E-state index in [0.29, 0.717) is 17.7 Å². The average Bonchev–Trinajstić information content (AvgIpc) is 2.56. The summed E-state index contributed by atoms with van der Waals surface area (Å²) in [7, 11) is 0. The van der Waals surface area contributed by atoms with E-state index in [0.717, 1.165) is 0 Å². The first-order valence-electron chi connectivity index (χ1n) is 7.04. The third-order valence-electron chi connectivity index (χ3n) is 2.85. The van der Waals surface area contributed by atoms with Crippen LogP contribution >= 0.6 is 11.8 Å². The fourth-order valence-electron chi connectivity index (χ4n) is 1.72. The zero-order valence-electron chi connectivity index (χ0n) is 13.1. The number of imide groups is 1. The summed E-state index contributed by atoms with van der Waals surface area (Å²) in [6, 6.07) is 6.35. The van der Waals surface area contributed by atoms with Gasteiger partial charge in [0, 0.05) is 5.56 Å². The highest BCUT2D eigenvalue weighted by Crippen LogP contribution is 2.03. The maximum Gasteiger partial charge on any atom is 0.329 e. The Kier molecular flexibility index (Phi) is 8.34. The van der Waals surface area contributed by atoms with Crippen LogP contribution in [0.5, 0.6) is 0 Å². The van der Waals surface area contributed by atoms with Crippen molar-refractivity contribution in [2.75, 3.05) is 18.6 Å². The van der Waals surface area contributed by atoms with Gasteiger partial charge in [-0.15, -0.1) is 0 Å². The fraction of sp³-hybridized carbons (Fsp3) is 0.333. The average molecular weight is 353 g/mol. The van der Waals surface area contributed by atoms with Gasteiger partial charge in [-0.2, -0.15) is 11.8 Å². The molecule has 1 rings (SSSR count). The Labute approximate surface area is 143 Å². The van der Waals surface area contributed by atoms with Gasteiger partial charge < -0.3 is 15.8 Å². The summed E-state index contributed by atoms with van der Waals surface area (Å²) in [5.74, 6) is -1.55. The van der Waals surface area contributed by atoms with Gasteiger partial charge in [-0.1, -0.05) is 18.2 Å². The molecule has 8 nitrogen and oxygen atoms in total. The van der Waals surface area contributed by atoms with Crippen LogP contribution in [0.2, 0.25) is 0 Å². The number of ether oxygens (including phenoxy) is 1. The number of primary amides is 1. The molecule has 1 aromatic rings. The summed E-state index contributed by atoms with van der Waals surface area (Å²) < 4.78 is 4.82. The quantitative estimate of drug-likeness (QED) is 0.576. The van der Waals surface area contributed by atoms with Crippen molar-refractivity contribution in [1.82, 2.24) is 10.6 Å². The van der Waals surface area contributed by atoms with Crippen molar-refractivity contribution in [2.45, 2.75) is 12.5 Å². The van der Waals surface area contributed by atoms with Crippen LogP contribution in [0, 0.1) is 0 Å². The van der Waals surface area contributed by atoms with Gasteiger partial charge in [0.25, 0.3) is 11.8 Å². The number of carbonyl (C=O) groups is 4. The lowest BCUT2D eigenvalue weighted by Crippen LogP contribution is -2.45. The van der Waals surface area contributed by atoms with Crippen molar-refractivity contribution in [3.63, 3.8) is 0 Å². The molecule has 0 aliphatic carbocycles. The summed E-state index contributed by atoms with van der Waals surface area (Å²) in [5, 5.41) is 4.36. The number of nitrogens with two attached hydrogens (primary N) is 1. The lowest BCUT2D eigenvalue weighted by molar-refractivity contribution is -0.150. The third kappa shape index (κ3) is 7.14. The first-order valence-corrected chi connectivity index (χ1v) is 8.44. The number of nitrogens with one attached hydrogen (secondary N) is 2. The number of benzene rings is 1. The summed E-state index contributed by atoms with van der Waals surface area (Å²) >= 11 is 1.48. The molecule has 1 atom stereocenters. The molecule has 130 valence electrons. The van der Waals surface area contributed by atoms with E-state index in [-0.39, 0.29) is 0 Å². The minimum atomic E-state index is -0.937. The Morgan fingerprint density at radius 2 is 1.88 bits per heavy atom. The van der Waals surface area contributed by atoms with E-state index in [4.69, 9.17) is 10.5 Å². The number of urea groups is 1. The molecule has 24 heavy (non-hydrogen) atoms. The molecular weight excluding hydrogens is 334 g/mol. The molecule has 0 fully saturated rings. The molecule has 1 aromatic carbocycles. The number of esters is 1. The molecule has 0 aromatic heterocycles. The van der Waals surface area contributed by atoms with Crippen molar-refractivity contribution < 1.29 is 23.9 Å². The highest BCUT2D eigenvalue weighted by molar-refractivity contribution is 7.98. The summed E-state index contributed by atoms with van der Waals surface area (Å²) in [6.45, 7) is -0.631. The van der Waals surface area contributed by atoms with Gasteiger partial charge in [-0.3, -0.25) is 14.9 Å². The lowest BCUT2D eigenvalue weighted by Gasteiger charge is -2.15. The monoisotopic (exact) mass is 353 g/mol. The molecular formula is C15H19N3O5S. The number of thioether (sulfide) groups is 1. The van der Waals surface area contributed by atoms with Crippen molar-refractivity contribution in [3.8, 4) is 0 Å². The maximum atomic E-state index is 11.9. The van der Waals surface area contributed by atoms with Gasteiger partial charge >= 0.3 is 12.0 Å². The highest BCUT2D eigenvalue weighted by atomic mass is 32.2. The van der Waals surface area contributed by atoms with E-state index in [1.807, 2.05) is 6.26 Å². The molecule has 0 aliphatic rings. The zero-order valence-corrected chi connectivity index (χ0v) is 13.9. The molecule has 0 spiro atoms. The summed E-state index contributed by atoms with van der Waals surface area (Å²) in [4.78, 5) is 46.2. The van der Waals surface area contributed by atoms with Crippen molar-refractivity contribution in [1.29, 1.82) is 0 Å². The molecule has 0 heterocycles. The fourth-order valence-corrected chi connectivity index (χ4v) is 2.19. The number of hydrogen-bond acceptors (Lipinski definition) is 6. The van der Waals surface area contributed by atoms with Crippen molar-refractivity contribution in [3.05, 3.63) is 35.9 Å². The van der Waals surface area contributed by atoms with E-state index in [2.05, 4.69) is 10.6 Å². The molecule has 4 amide bonds. The normalized spacial score (nSPS) is 11.2. The van der Waals surface area contributed by atoms with Gasteiger partial charge in [0.2, 0.25) is 0 Å². The first kappa shape index (κ1) is 19.5. The molecule has 0 aliphatic heterocycles. The largest absolute Gasteiger partial charge is 0.454 e. The molecule has 4 N–H and O–H groups in total. The third-order valence-corrected chi connectivity index (χ3v) is 3.49. The molecule has 0 unspecified atom stereocenters. The molecule has 0 radical (unpaired) electrons. The van der Waals surface area contributed by atoms with Gasteiger partial charge in [0.15, 0.2) is 6.61 Å². The van der Waals surface area contributed by atoms with Crippen LogP contribution in [0.25, 0.3) is 0 Å². The topological polar surface area (TPSA) is 128 Å². The first-order chi connectivity index (χ1) is 11.4. The van der Waals surface area contributed by atoms with Gasteiger partial charge in [0.05, 0.1) is 0 Å². The van der Waals surface area contributed by atoms with E-state index < -0.39 is 36.5 Å². The van der Waals surface area contributed by atoms with E-state index in [1.54, 1.807) is 30.3 Å². The van der Waals surface area contributed by atoms with Gasteiger partial charge in [0.1, 0.15) is 6.04 Å². The van der Waals surface area contributed by atoms with Gasteiger partial charge in [-0.25, -0.2) is 9.59 Å². The summed E-state index contributed by atoms with van der Waals surface area (Å²) in [5.41, 5.74) is 5.31. The van der Waals surface area contributed by atoms with Crippen LogP contribution in [0.15, 0.2) is 30.3 Å². The Balaban J connectivity index is 2.47. The molecule has 0 saturated carbocycles. The van der Waals surface area contributed by atoms with Crippen LogP contribution in [0.3, 0.4) is 0 Å². The Morgan fingerprint density at radius 1 is 1.21 bits per heavy atom. The molecule has 0 bridgehead atoms. The Hall–Kier alpha value is -2.55. The van der Waals surface area contributed by atoms with Crippen molar-refractivity contribution in [2.24, 2.45) is 5.73 Å². The van der Waals surface area contributed by atoms with Crippen LogP contribution in [0.1, 0.15) is 16.8 Å². The van der Waals surface area contributed by atoms with Crippen molar-refractivity contribution >= 4 is 35.6 Å². The molecule has 0 saturated heterocycles. The van der Waals surface area contributed by atoms with Crippen LogP contribution < -0.4 is 16.4 Å². The lowest BCUT2D eigenvalue weighted by atomic mass is 10.2. The standard InChI is InChI=1S/C15H19N3O5S/c1-24-8-7-11(17-15(16)22)14(21)23-9-12(19)18-13(20)10-5-3-2-4-6-10/h2-6,11H,7-9H2,1H3,(H3,16,17,22)(H,18,19,20)/t11-/m1/s1. The predicted molar refractivity (Wildman–Crippen MR) is 89.4 cm³/mol. The predicted octanol–water partition coefficient (Wildman–Crippen LogP) is 0.276. The minimum absolute atomic E-state index is 0.311. The van der Waals surface area contributed by atoms with Gasteiger partial charge in [-0.05, 0) is 30.6 Å². The number of carbonyl (C=O) groups excluding carboxylic acids is 4. The van der Waals surface area contributed by atoms with E-state index >= 15 is 0 Å². The Morgan fingerprint density at radius 3 is 2.46 bits per heavy atom. The smallest absolute Gasteiger partial charge is 0.329 e. The number of hydrogen-bond donors (Lipinski definition) is 3. The van der Waals surface area contributed by atoms with Crippen LogP contribution in [-0.2, 0) is 14.3 Å². The second-order valence-corrected chi connectivity index (χ2v) is 5.68. The van der Waals surface area contributed by atoms with Crippen LogP contribution in [-0.4, -0.2) is 48.5 Å². The number of rotatable bonds is 8. The van der Waals surface area contributed by atoms with E-state index in [9.17, 15) is 19.2 Å². The zero-order chi connectivity index (χ0) is 17.9. The second kappa shape index (κ2) is 10.3. The second-order valence-electron chi connectivity index (χ2n) is 4.69. The SMILES string of the molecule is CSCC[C@@H](NC(N)=O)C(=O)OCC(=O)NC(=O)c1ccccc1.